The number of benzene rings is 1. The minimum Gasteiger partial charge on any atom is -0.383 e. The van der Waals surface area contributed by atoms with E-state index in [4.69, 9.17) is 10.5 Å². The Balaban J connectivity index is 2.31. The molecule has 3 nitrogen and oxygen atoms in total. The first-order valence-electron chi connectivity index (χ1n) is 6.74. The number of aryl methyl sites for hydroxylation is 1. The standard InChI is InChI=1S/C15H26N2O/c1-13-6-3-4-7-14(13)9-11-17-15(12-18-2)8-5-10-16/h3-4,6-7,15,17H,5,8-12,16H2,1-2H3. The first kappa shape index (κ1) is 15.2. The largest absolute Gasteiger partial charge is 0.383 e. The molecule has 1 aromatic carbocycles. The van der Waals surface area contributed by atoms with Gasteiger partial charge in [-0.1, -0.05) is 24.3 Å². The lowest BCUT2D eigenvalue weighted by Crippen LogP contribution is -2.35. The van der Waals surface area contributed by atoms with Crippen molar-refractivity contribution >= 4 is 0 Å². The van der Waals surface area contributed by atoms with E-state index in [2.05, 4.69) is 36.5 Å². The summed E-state index contributed by atoms with van der Waals surface area (Å²) >= 11 is 0. The van der Waals surface area contributed by atoms with Gasteiger partial charge in [0.05, 0.1) is 6.61 Å². The molecule has 0 spiro atoms. The van der Waals surface area contributed by atoms with Gasteiger partial charge in [-0.15, -0.1) is 0 Å². The van der Waals surface area contributed by atoms with E-state index in [9.17, 15) is 0 Å². The van der Waals surface area contributed by atoms with Gasteiger partial charge in [0.1, 0.15) is 0 Å². The van der Waals surface area contributed by atoms with Crippen LogP contribution in [0.1, 0.15) is 24.0 Å². The molecule has 1 aromatic rings. The molecule has 1 unspecified atom stereocenters. The second-order valence-electron chi connectivity index (χ2n) is 4.71. The van der Waals surface area contributed by atoms with E-state index in [1.54, 1.807) is 7.11 Å². The van der Waals surface area contributed by atoms with Crippen LogP contribution in [0, 0.1) is 6.92 Å². The SMILES string of the molecule is COCC(CCCN)NCCc1ccccc1C. The Morgan fingerprint density at radius 1 is 1.33 bits per heavy atom. The average molecular weight is 250 g/mol. The van der Waals surface area contributed by atoms with Gasteiger partial charge in [-0.3, -0.25) is 0 Å². The molecular formula is C15H26N2O. The van der Waals surface area contributed by atoms with Crippen LogP contribution in [0.5, 0.6) is 0 Å². The van der Waals surface area contributed by atoms with Crippen molar-refractivity contribution in [2.24, 2.45) is 5.73 Å². The summed E-state index contributed by atoms with van der Waals surface area (Å²) in [7, 11) is 1.75. The average Bonchev–Trinajstić information content (AvgIpc) is 2.38. The lowest BCUT2D eigenvalue weighted by atomic mass is 10.1. The summed E-state index contributed by atoms with van der Waals surface area (Å²) in [5.74, 6) is 0. The van der Waals surface area contributed by atoms with Crippen LogP contribution in [0.15, 0.2) is 24.3 Å². The van der Waals surface area contributed by atoms with Gasteiger partial charge in [-0.25, -0.2) is 0 Å². The Bertz CT molecular complexity index is 328. The lowest BCUT2D eigenvalue weighted by molar-refractivity contribution is 0.162. The predicted octanol–water partition coefficient (Wildman–Crippen LogP) is 1.88. The normalized spacial score (nSPS) is 12.6. The van der Waals surface area contributed by atoms with Crippen LogP contribution in [0.4, 0.5) is 0 Å². The van der Waals surface area contributed by atoms with E-state index in [1.165, 1.54) is 11.1 Å². The van der Waals surface area contributed by atoms with Gasteiger partial charge >= 0.3 is 0 Å². The molecule has 0 heterocycles. The van der Waals surface area contributed by atoms with Crippen molar-refractivity contribution in [3.63, 3.8) is 0 Å². The fraction of sp³-hybridized carbons (Fsp3) is 0.600. The van der Waals surface area contributed by atoms with E-state index in [0.29, 0.717) is 6.04 Å². The van der Waals surface area contributed by atoms with Crippen LogP contribution in [-0.4, -0.2) is 32.8 Å². The minimum atomic E-state index is 0.419. The minimum absolute atomic E-state index is 0.419. The fourth-order valence-electron chi connectivity index (χ4n) is 2.11. The molecule has 3 N–H and O–H groups in total. The molecule has 1 atom stereocenters. The molecule has 0 amide bonds. The number of hydrogen-bond donors (Lipinski definition) is 2. The second kappa shape index (κ2) is 9.09. The Hall–Kier alpha value is -0.900. The van der Waals surface area contributed by atoms with E-state index in [-0.39, 0.29) is 0 Å². The van der Waals surface area contributed by atoms with Crippen molar-refractivity contribution in [3.8, 4) is 0 Å². The highest BCUT2D eigenvalue weighted by Gasteiger charge is 2.07. The third-order valence-electron chi connectivity index (χ3n) is 3.21. The highest BCUT2D eigenvalue weighted by Crippen LogP contribution is 2.07. The first-order chi connectivity index (χ1) is 8.77. The molecule has 102 valence electrons. The van der Waals surface area contributed by atoms with Crippen LogP contribution in [-0.2, 0) is 11.2 Å². The van der Waals surface area contributed by atoms with Crippen LogP contribution in [0.2, 0.25) is 0 Å². The van der Waals surface area contributed by atoms with Gasteiger partial charge < -0.3 is 15.8 Å². The Labute approximate surface area is 111 Å². The highest BCUT2D eigenvalue weighted by molar-refractivity contribution is 5.25. The summed E-state index contributed by atoms with van der Waals surface area (Å²) in [6, 6.07) is 8.96. The molecule has 0 fully saturated rings. The summed E-state index contributed by atoms with van der Waals surface area (Å²) < 4.78 is 5.22. The van der Waals surface area contributed by atoms with Gasteiger partial charge in [-0.2, -0.15) is 0 Å². The third kappa shape index (κ3) is 5.63. The molecule has 0 aliphatic rings. The molecule has 0 bridgehead atoms. The van der Waals surface area contributed by atoms with Crippen LogP contribution >= 0.6 is 0 Å². The second-order valence-corrected chi connectivity index (χ2v) is 4.71. The number of nitrogens with two attached hydrogens (primary N) is 1. The Kier molecular flexibility index (Phi) is 7.65. The van der Waals surface area contributed by atoms with Gasteiger partial charge in [0.2, 0.25) is 0 Å². The van der Waals surface area contributed by atoms with Crippen molar-refractivity contribution < 1.29 is 4.74 Å². The van der Waals surface area contributed by atoms with E-state index >= 15 is 0 Å². The fourth-order valence-corrected chi connectivity index (χ4v) is 2.11. The number of ether oxygens (including phenoxy) is 1. The molecule has 1 rings (SSSR count). The maximum absolute atomic E-state index is 5.54. The summed E-state index contributed by atoms with van der Waals surface area (Å²) in [4.78, 5) is 0. The summed E-state index contributed by atoms with van der Waals surface area (Å²) in [5.41, 5.74) is 8.33. The lowest BCUT2D eigenvalue weighted by Gasteiger charge is -2.18. The summed E-state index contributed by atoms with van der Waals surface area (Å²) in [5, 5.41) is 3.55. The maximum Gasteiger partial charge on any atom is 0.0615 e. The Morgan fingerprint density at radius 3 is 2.78 bits per heavy atom. The van der Waals surface area contributed by atoms with Gasteiger partial charge in [0.15, 0.2) is 0 Å². The van der Waals surface area contributed by atoms with Gasteiger partial charge in [0.25, 0.3) is 0 Å². The first-order valence-corrected chi connectivity index (χ1v) is 6.74. The summed E-state index contributed by atoms with van der Waals surface area (Å²) in [6.45, 7) is 4.66. The molecule has 3 heteroatoms. The number of nitrogens with one attached hydrogen (secondary N) is 1. The molecular weight excluding hydrogens is 224 g/mol. The van der Waals surface area contributed by atoms with E-state index in [1.807, 2.05) is 0 Å². The highest BCUT2D eigenvalue weighted by atomic mass is 16.5. The topological polar surface area (TPSA) is 47.3 Å². The zero-order valence-corrected chi connectivity index (χ0v) is 11.6. The zero-order valence-electron chi connectivity index (χ0n) is 11.6. The van der Waals surface area contributed by atoms with Crippen LogP contribution in [0.25, 0.3) is 0 Å². The number of hydrogen-bond acceptors (Lipinski definition) is 3. The molecule has 0 radical (unpaired) electrons. The van der Waals surface area contributed by atoms with Gasteiger partial charge in [0, 0.05) is 13.2 Å². The molecule has 0 aromatic heterocycles. The van der Waals surface area contributed by atoms with E-state index < -0.39 is 0 Å². The van der Waals surface area contributed by atoms with Gasteiger partial charge in [-0.05, 0) is 50.4 Å². The van der Waals surface area contributed by atoms with E-state index in [0.717, 1.165) is 39.0 Å². The number of rotatable bonds is 9. The quantitative estimate of drug-likeness (QED) is 0.703. The van der Waals surface area contributed by atoms with Crippen molar-refractivity contribution in [2.75, 3.05) is 26.8 Å². The number of methoxy groups -OCH3 is 1. The van der Waals surface area contributed by atoms with Crippen LogP contribution < -0.4 is 11.1 Å². The predicted molar refractivity (Wildman–Crippen MR) is 76.8 cm³/mol. The molecule has 18 heavy (non-hydrogen) atoms. The molecule has 0 saturated heterocycles. The Morgan fingerprint density at radius 2 is 2.11 bits per heavy atom. The molecule has 0 saturated carbocycles. The maximum atomic E-state index is 5.54. The third-order valence-corrected chi connectivity index (χ3v) is 3.21. The van der Waals surface area contributed by atoms with Crippen molar-refractivity contribution in [3.05, 3.63) is 35.4 Å². The van der Waals surface area contributed by atoms with Crippen molar-refractivity contribution in [2.45, 2.75) is 32.2 Å². The summed E-state index contributed by atoms with van der Waals surface area (Å²) in [6.07, 6.45) is 3.19. The van der Waals surface area contributed by atoms with Crippen molar-refractivity contribution in [1.29, 1.82) is 0 Å². The monoisotopic (exact) mass is 250 g/mol. The molecule has 0 aliphatic carbocycles. The zero-order chi connectivity index (χ0) is 13.2. The van der Waals surface area contributed by atoms with Crippen molar-refractivity contribution in [1.82, 2.24) is 5.32 Å². The molecule has 0 aliphatic heterocycles. The smallest absolute Gasteiger partial charge is 0.0615 e. The van der Waals surface area contributed by atoms with Crippen LogP contribution in [0.3, 0.4) is 0 Å².